The molecule has 0 atom stereocenters. The van der Waals surface area contributed by atoms with E-state index < -0.39 is 0 Å². The van der Waals surface area contributed by atoms with Gasteiger partial charge in [-0.25, -0.2) is 15.0 Å². The summed E-state index contributed by atoms with van der Waals surface area (Å²) in [5.74, 6) is 2.09. The Morgan fingerprint density at radius 2 is 1.77 bits per heavy atom. The van der Waals surface area contributed by atoms with E-state index in [9.17, 15) is 0 Å². The van der Waals surface area contributed by atoms with Crippen LogP contribution in [0.1, 0.15) is 0 Å². The van der Waals surface area contributed by atoms with E-state index in [1.165, 1.54) is 0 Å². The summed E-state index contributed by atoms with van der Waals surface area (Å²) in [6.45, 7) is 3.95. The van der Waals surface area contributed by atoms with Crippen molar-refractivity contribution in [2.75, 3.05) is 57.7 Å². The van der Waals surface area contributed by atoms with Crippen molar-refractivity contribution in [2.24, 2.45) is 0 Å². The van der Waals surface area contributed by atoms with Gasteiger partial charge in [-0.1, -0.05) is 11.3 Å². The molecule has 0 radical (unpaired) electrons. The highest BCUT2D eigenvalue weighted by molar-refractivity contribution is 7.18. The van der Waals surface area contributed by atoms with E-state index in [2.05, 4.69) is 30.5 Å². The quantitative estimate of drug-likeness (QED) is 0.589. The number of thiazole rings is 1. The second kappa shape index (κ2) is 9.14. The van der Waals surface area contributed by atoms with Gasteiger partial charge in [0.1, 0.15) is 15.7 Å². The van der Waals surface area contributed by atoms with Gasteiger partial charge in [-0.05, 0) is 6.07 Å². The summed E-state index contributed by atoms with van der Waals surface area (Å²) in [6, 6.07) is 5.48. The van der Waals surface area contributed by atoms with E-state index >= 15 is 0 Å². The van der Waals surface area contributed by atoms with E-state index in [1.54, 1.807) is 38.9 Å². The van der Waals surface area contributed by atoms with Gasteiger partial charge < -0.3 is 29.7 Å². The van der Waals surface area contributed by atoms with E-state index in [0.717, 1.165) is 47.6 Å². The molecule has 1 aliphatic heterocycles. The Balaban J connectivity index is 1.56. The molecule has 1 fully saturated rings. The fourth-order valence-corrected chi connectivity index (χ4v) is 4.17. The molecule has 0 amide bonds. The molecule has 1 aliphatic rings. The lowest BCUT2D eigenvalue weighted by atomic mass is 10.2. The lowest BCUT2D eigenvalue weighted by Crippen LogP contribution is -2.43. The molecule has 10 heteroatoms. The molecule has 2 aromatic heterocycles. The summed E-state index contributed by atoms with van der Waals surface area (Å²) in [5, 5.41) is 8.59. The SMILES string of the molecule is COc1cc(Nc2nccc(-c3ncc(N4CCNCC4)s3)n2)cc(OC)c1OC. The highest BCUT2D eigenvalue weighted by Gasteiger charge is 2.16. The van der Waals surface area contributed by atoms with Crippen LogP contribution in [0.15, 0.2) is 30.6 Å². The van der Waals surface area contributed by atoms with Crippen LogP contribution in [0, 0.1) is 0 Å². The molecule has 1 aromatic carbocycles. The molecule has 9 nitrogen and oxygen atoms in total. The lowest BCUT2D eigenvalue weighted by Gasteiger charge is -2.27. The molecule has 1 saturated heterocycles. The van der Waals surface area contributed by atoms with Crippen molar-refractivity contribution in [1.82, 2.24) is 20.3 Å². The van der Waals surface area contributed by atoms with Gasteiger partial charge in [0.15, 0.2) is 11.5 Å². The third kappa shape index (κ3) is 4.24. The summed E-state index contributed by atoms with van der Waals surface area (Å²) < 4.78 is 16.2. The van der Waals surface area contributed by atoms with Crippen molar-refractivity contribution in [2.45, 2.75) is 0 Å². The average Bonchev–Trinajstić information content (AvgIpc) is 3.29. The number of benzene rings is 1. The molecule has 0 bridgehead atoms. The Kier molecular flexibility index (Phi) is 6.15. The zero-order chi connectivity index (χ0) is 20.9. The first-order chi connectivity index (χ1) is 14.7. The lowest BCUT2D eigenvalue weighted by molar-refractivity contribution is 0.324. The molecule has 0 spiro atoms. The van der Waals surface area contributed by atoms with Crippen LogP contribution in [-0.4, -0.2) is 62.5 Å². The number of ether oxygens (including phenoxy) is 3. The van der Waals surface area contributed by atoms with Crippen molar-refractivity contribution in [3.05, 3.63) is 30.6 Å². The standard InChI is InChI=1S/C20H24N6O3S/c1-27-15-10-13(11-16(28-2)18(15)29-3)24-20-22-5-4-14(25-20)19-23-12-17(30-19)26-8-6-21-7-9-26/h4-5,10-12,21H,6-9H2,1-3H3,(H,22,24,25). The molecule has 3 heterocycles. The van der Waals surface area contributed by atoms with Crippen LogP contribution in [0.25, 0.3) is 10.7 Å². The second-order valence-corrected chi connectivity index (χ2v) is 7.55. The average molecular weight is 429 g/mol. The van der Waals surface area contributed by atoms with Gasteiger partial charge in [-0.15, -0.1) is 0 Å². The maximum absolute atomic E-state index is 5.41. The maximum Gasteiger partial charge on any atom is 0.227 e. The van der Waals surface area contributed by atoms with Crippen molar-refractivity contribution in [3.63, 3.8) is 0 Å². The predicted octanol–water partition coefficient (Wildman–Crippen LogP) is 2.78. The molecular weight excluding hydrogens is 404 g/mol. The van der Waals surface area contributed by atoms with Gasteiger partial charge in [0.2, 0.25) is 11.7 Å². The maximum atomic E-state index is 5.41. The number of piperazine rings is 1. The van der Waals surface area contributed by atoms with E-state index in [0.29, 0.717) is 23.2 Å². The third-order valence-electron chi connectivity index (χ3n) is 4.72. The highest BCUT2D eigenvalue weighted by atomic mass is 32.1. The topological polar surface area (TPSA) is 93.7 Å². The normalized spacial score (nSPS) is 13.8. The first-order valence-electron chi connectivity index (χ1n) is 9.53. The number of nitrogens with zero attached hydrogens (tertiary/aromatic N) is 4. The van der Waals surface area contributed by atoms with Crippen molar-refractivity contribution < 1.29 is 14.2 Å². The van der Waals surface area contributed by atoms with Crippen LogP contribution in [0.5, 0.6) is 17.2 Å². The summed E-state index contributed by atoms with van der Waals surface area (Å²) in [7, 11) is 4.73. The Labute approximate surface area is 179 Å². The molecule has 158 valence electrons. The molecule has 30 heavy (non-hydrogen) atoms. The van der Waals surface area contributed by atoms with Crippen LogP contribution in [-0.2, 0) is 0 Å². The van der Waals surface area contributed by atoms with Crippen molar-refractivity contribution in [1.29, 1.82) is 0 Å². The molecule has 2 N–H and O–H groups in total. The number of aromatic nitrogens is 3. The number of hydrogen-bond acceptors (Lipinski definition) is 10. The number of nitrogens with one attached hydrogen (secondary N) is 2. The molecular formula is C20H24N6O3S. The Bertz CT molecular complexity index is 981. The Morgan fingerprint density at radius 1 is 1.03 bits per heavy atom. The minimum atomic E-state index is 0.459. The summed E-state index contributed by atoms with van der Waals surface area (Å²) >= 11 is 1.64. The van der Waals surface area contributed by atoms with Crippen LogP contribution >= 0.6 is 11.3 Å². The first-order valence-corrected chi connectivity index (χ1v) is 10.4. The van der Waals surface area contributed by atoms with Crippen LogP contribution in [0.3, 0.4) is 0 Å². The minimum Gasteiger partial charge on any atom is -0.493 e. The zero-order valence-corrected chi connectivity index (χ0v) is 18.0. The van der Waals surface area contributed by atoms with Gasteiger partial charge in [-0.3, -0.25) is 0 Å². The van der Waals surface area contributed by atoms with Gasteiger partial charge in [0.25, 0.3) is 0 Å². The minimum absolute atomic E-state index is 0.459. The number of rotatable bonds is 7. The largest absolute Gasteiger partial charge is 0.493 e. The van der Waals surface area contributed by atoms with Crippen LogP contribution < -0.4 is 29.7 Å². The number of hydrogen-bond donors (Lipinski definition) is 2. The van der Waals surface area contributed by atoms with E-state index in [1.807, 2.05) is 24.4 Å². The Morgan fingerprint density at radius 3 is 2.43 bits per heavy atom. The zero-order valence-electron chi connectivity index (χ0n) is 17.1. The van der Waals surface area contributed by atoms with Gasteiger partial charge in [0.05, 0.1) is 27.5 Å². The van der Waals surface area contributed by atoms with Crippen molar-refractivity contribution >= 4 is 28.0 Å². The fraction of sp³-hybridized carbons (Fsp3) is 0.350. The van der Waals surface area contributed by atoms with Gasteiger partial charge in [-0.2, -0.15) is 0 Å². The molecule has 0 saturated carbocycles. The summed E-state index contributed by atoms with van der Waals surface area (Å²) in [4.78, 5) is 15.9. The fourth-order valence-electron chi connectivity index (χ4n) is 3.24. The first kappa shape index (κ1) is 20.2. The number of methoxy groups -OCH3 is 3. The molecule has 0 aliphatic carbocycles. The summed E-state index contributed by atoms with van der Waals surface area (Å²) in [5.41, 5.74) is 1.49. The second-order valence-electron chi connectivity index (χ2n) is 6.55. The van der Waals surface area contributed by atoms with E-state index in [4.69, 9.17) is 14.2 Å². The van der Waals surface area contributed by atoms with Crippen LogP contribution in [0.2, 0.25) is 0 Å². The predicted molar refractivity (Wildman–Crippen MR) is 118 cm³/mol. The smallest absolute Gasteiger partial charge is 0.227 e. The van der Waals surface area contributed by atoms with Crippen LogP contribution in [0.4, 0.5) is 16.6 Å². The van der Waals surface area contributed by atoms with Crippen molar-refractivity contribution in [3.8, 4) is 28.0 Å². The third-order valence-corrected chi connectivity index (χ3v) is 5.80. The summed E-state index contributed by atoms with van der Waals surface area (Å²) in [6.07, 6.45) is 3.63. The van der Waals surface area contributed by atoms with Gasteiger partial charge >= 0.3 is 0 Å². The Hall–Kier alpha value is -3.11. The van der Waals surface area contributed by atoms with Gasteiger partial charge in [0, 0.05) is 50.2 Å². The number of anilines is 3. The highest BCUT2D eigenvalue weighted by Crippen LogP contribution is 2.40. The van der Waals surface area contributed by atoms with E-state index in [-0.39, 0.29) is 0 Å². The molecule has 0 unspecified atom stereocenters. The molecule has 3 aromatic rings. The molecule has 4 rings (SSSR count). The monoisotopic (exact) mass is 428 g/mol.